The van der Waals surface area contributed by atoms with E-state index in [-0.39, 0.29) is 62.9 Å². The number of ketones is 1. The highest BCUT2D eigenvalue weighted by atomic mass is 35.5. The highest BCUT2D eigenvalue weighted by Gasteiger charge is 2.59. The number of cyclic esters (lactones) is 1. The van der Waals surface area contributed by atoms with Crippen molar-refractivity contribution in [3.8, 4) is 0 Å². The minimum absolute atomic E-state index is 0.00365. The van der Waals surface area contributed by atoms with Gasteiger partial charge in [0.1, 0.15) is 23.7 Å². The summed E-state index contributed by atoms with van der Waals surface area (Å²) >= 11 is 6.67. The molecule has 1 saturated carbocycles. The number of esters is 2. The van der Waals surface area contributed by atoms with Crippen LogP contribution in [0.1, 0.15) is 125 Å². The molecule has 23 heteroatoms. The van der Waals surface area contributed by atoms with Gasteiger partial charge in [0.2, 0.25) is 0 Å². The number of rotatable bonds is 17. The van der Waals surface area contributed by atoms with E-state index in [0.717, 1.165) is 12.8 Å². The Morgan fingerprint density at radius 2 is 1.64 bits per heavy atom. The van der Waals surface area contributed by atoms with Crippen LogP contribution in [0.25, 0.3) is 0 Å². The zero-order chi connectivity index (χ0) is 58.9. The van der Waals surface area contributed by atoms with Crippen LogP contribution in [0.3, 0.4) is 0 Å². The lowest BCUT2D eigenvalue weighted by atomic mass is 9.77. The number of hydrogen-bond acceptors (Lipinski definition) is 21. The summed E-state index contributed by atoms with van der Waals surface area (Å²) in [5.41, 5.74) is -2.70. The number of aliphatic carboxylic acids is 1. The van der Waals surface area contributed by atoms with E-state index in [2.05, 4.69) is 10.6 Å². The number of nitrogens with one attached hydrogen (secondary N) is 2. The first-order chi connectivity index (χ1) is 37.5. The minimum Gasteiger partial charge on any atom is -0.481 e. The Labute approximate surface area is 476 Å². The minimum atomic E-state index is -1.63. The first kappa shape index (κ1) is 63.6. The number of aliphatic hydroxyl groups excluding tert-OH is 1. The summed E-state index contributed by atoms with van der Waals surface area (Å²) in [5, 5.41) is 41.3. The van der Waals surface area contributed by atoms with Crippen molar-refractivity contribution in [2.75, 3.05) is 71.2 Å². The van der Waals surface area contributed by atoms with Crippen LogP contribution in [-0.4, -0.2) is 212 Å². The molecule has 6 aliphatic rings. The summed E-state index contributed by atoms with van der Waals surface area (Å²) in [6, 6.07) is 2.80. The maximum Gasteiger partial charge on any atom is 0.509 e. The molecule has 0 radical (unpaired) electrons. The number of methoxy groups -OCH3 is 1. The zero-order valence-corrected chi connectivity index (χ0v) is 50.0. The molecule has 22 nitrogen and oxygen atoms in total. The average Bonchev–Trinajstić information content (AvgIpc) is 4.19. The maximum absolute atomic E-state index is 14.8. The third-order valence-corrected chi connectivity index (χ3v) is 18.0. The van der Waals surface area contributed by atoms with Gasteiger partial charge in [-0.05, 0) is 120 Å². The first-order valence-electron chi connectivity index (χ1n) is 28.6. The molecule has 0 spiro atoms. The average molecular weight is 1150 g/mol. The highest BCUT2D eigenvalue weighted by Crippen LogP contribution is 2.44. The summed E-state index contributed by atoms with van der Waals surface area (Å²) in [6.45, 7) is 19.7. The number of nitrogens with zero attached hydrogens (tertiary/aromatic N) is 3. The van der Waals surface area contributed by atoms with E-state index in [1.165, 1.54) is 7.11 Å². The number of carboxylic acids is 1. The number of ether oxygens (including phenoxy) is 9. The third kappa shape index (κ3) is 14.0. The fourth-order valence-corrected chi connectivity index (χ4v) is 13.2. The number of anilines is 2. The van der Waals surface area contributed by atoms with Crippen LogP contribution in [0, 0.1) is 23.7 Å². The Balaban J connectivity index is 1.06. The van der Waals surface area contributed by atoms with Crippen molar-refractivity contribution in [1.82, 2.24) is 15.1 Å². The monoisotopic (exact) mass is 1150 g/mol. The van der Waals surface area contributed by atoms with Crippen LogP contribution < -0.4 is 15.5 Å². The number of carbonyl (C=O) groups is 5. The van der Waals surface area contributed by atoms with Crippen molar-refractivity contribution in [3.63, 3.8) is 0 Å². The molecule has 0 bridgehead atoms. The van der Waals surface area contributed by atoms with Gasteiger partial charge in [-0.15, -0.1) is 0 Å². The molecule has 1 aliphatic carbocycles. The van der Waals surface area contributed by atoms with Crippen molar-refractivity contribution in [1.29, 1.82) is 0 Å². The number of halogens is 1. The summed E-state index contributed by atoms with van der Waals surface area (Å²) in [7, 11) is 7.16. The van der Waals surface area contributed by atoms with E-state index in [0.29, 0.717) is 48.0 Å². The Bertz CT molecular complexity index is 2360. The van der Waals surface area contributed by atoms with E-state index in [1.54, 1.807) is 46.8 Å². The number of likely N-dealkylation sites (N-methyl/N-ethyl adjacent to an activating group) is 2. The van der Waals surface area contributed by atoms with Gasteiger partial charge in [-0.25, -0.2) is 4.79 Å². The van der Waals surface area contributed by atoms with Gasteiger partial charge in [0.25, 0.3) is 0 Å². The SMILES string of the molecule is CC[C@H]1OC(=O)[C@H](C)[C@@H](O[C@H]2C[C@@](C)(OC)[C@@H](OC(=O)CCNCCNc3cc4c(cc3Cl)N(C3CC3)CC(C(=O)O)C4=O)[C@H](C)O2)[C@H](C)[C@H](O[C@@H]2O[C@H](C)C[C@H](N(C)C)[C@H]2O)[C@](C)(O)C[C@@H](C)CN(C)[C@H](C)[C@H]2OC(=O)O[C@@]21C. The van der Waals surface area contributed by atoms with Crippen LogP contribution in [0.15, 0.2) is 12.1 Å². The van der Waals surface area contributed by atoms with Crippen LogP contribution >= 0.6 is 11.6 Å². The largest absolute Gasteiger partial charge is 0.509 e. The number of aliphatic hydroxyl groups is 2. The molecule has 7 rings (SSSR count). The van der Waals surface area contributed by atoms with E-state index >= 15 is 0 Å². The fraction of sp³-hybridized carbons (Fsp3) is 0.807. The number of benzene rings is 1. The molecule has 1 aromatic carbocycles. The maximum atomic E-state index is 14.8. The summed E-state index contributed by atoms with van der Waals surface area (Å²) in [6.07, 6.45) is -7.32. The molecule has 1 unspecified atom stereocenters. The van der Waals surface area contributed by atoms with Crippen molar-refractivity contribution in [2.45, 2.75) is 211 Å². The van der Waals surface area contributed by atoms with Gasteiger partial charge in [-0.3, -0.25) is 24.1 Å². The van der Waals surface area contributed by atoms with Crippen molar-refractivity contribution in [3.05, 3.63) is 22.7 Å². The van der Waals surface area contributed by atoms with Crippen LogP contribution in [-0.2, 0) is 57.0 Å². The fourth-order valence-electron chi connectivity index (χ4n) is 13.0. The van der Waals surface area contributed by atoms with E-state index in [4.69, 9.17) is 54.2 Å². The topological polar surface area (TPSA) is 263 Å². The second-order valence-corrected chi connectivity index (χ2v) is 24.9. The number of Topliss-reactive ketones (excluding diaryl/α,β-unsaturated/α-hetero) is 1. The summed E-state index contributed by atoms with van der Waals surface area (Å²) < 4.78 is 57.0. The number of hydrogen-bond donors (Lipinski definition) is 5. The zero-order valence-electron chi connectivity index (χ0n) is 49.2. The quantitative estimate of drug-likeness (QED) is 0.0578. The van der Waals surface area contributed by atoms with Gasteiger partial charge in [0.05, 0.1) is 53.1 Å². The lowest BCUT2D eigenvalue weighted by molar-refractivity contribution is -0.318. The van der Waals surface area contributed by atoms with Crippen LogP contribution in [0.2, 0.25) is 5.02 Å². The summed E-state index contributed by atoms with van der Waals surface area (Å²) in [5.74, 6) is -6.04. The molecule has 452 valence electrons. The Kier molecular flexibility index (Phi) is 20.6. The van der Waals surface area contributed by atoms with Gasteiger partial charge in [0, 0.05) is 81.5 Å². The molecule has 5 N–H and O–H groups in total. The molecule has 1 aromatic rings. The summed E-state index contributed by atoms with van der Waals surface area (Å²) in [4.78, 5) is 72.5. The van der Waals surface area contributed by atoms with E-state index in [1.807, 2.05) is 70.5 Å². The molecule has 0 aromatic heterocycles. The first-order valence-corrected chi connectivity index (χ1v) is 29.0. The lowest BCUT2D eigenvalue weighted by Gasteiger charge is -2.49. The smallest absolute Gasteiger partial charge is 0.481 e. The van der Waals surface area contributed by atoms with Crippen molar-refractivity contribution < 1.29 is 81.9 Å². The number of carbonyl (C=O) groups excluding carboxylic acids is 4. The standard InChI is InChI=1S/C57H90ClN5O17/c1-15-42-57(10)49(79-54(70)80-57)33(6)62(13)27-29(2)25-55(8,71)48(78-53-46(66)41(61(11)12)22-30(3)73-53)31(4)47(32(5)52(69)75-42)77-44-26-56(9,72-14)50(34(7)74-44)76-43(64)18-19-59-20-21-60-39-23-36-40(24-38(39)58)63(35-16-17-35)28-37(45(36)65)51(67)68/h23-24,29-35,37,41-42,44,46-50,53,59-60,66,71H,15-22,25-28H2,1-14H3,(H,67,68)/t29-,30-,31+,32-,33-,34+,37?,41+,42-,44+,46-,47+,48+,49-,50+,53+,55-,56-,57-/m1/s1. The molecule has 0 amide bonds. The predicted molar refractivity (Wildman–Crippen MR) is 294 cm³/mol. The van der Waals surface area contributed by atoms with Gasteiger partial charge >= 0.3 is 24.1 Å². The van der Waals surface area contributed by atoms with E-state index < -0.39 is 126 Å². The molecular weight excluding hydrogens is 1060 g/mol. The Hall–Kier alpha value is -3.94. The van der Waals surface area contributed by atoms with Crippen LogP contribution in [0.5, 0.6) is 0 Å². The number of carboxylic acid groups (broad SMARTS) is 1. The molecule has 5 fully saturated rings. The predicted octanol–water partition coefficient (Wildman–Crippen LogP) is 5.24. The van der Waals surface area contributed by atoms with Gasteiger partial charge in [-0.2, -0.15) is 0 Å². The molecule has 80 heavy (non-hydrogen) atoms. The van der Waals surface area contributed by atoms with E-state index in [9.17, 15) is 39.3 Å². The highest BCUT2D eigenvalue weighted by molar-refractivity contribution is 6.34. The van der Waals surface area contributed by atoms with Gasteiger partial charge < -0.3 is 78.4 Å². The second kappa shape index (κ2) is 25.9. The second-order valence-electron chi connectivity index (χ2n) is 24.4. The third-order valence-electron chi connectivity index (χ3n) is 17.7. The van der Waals surface area contributed by atoms with Crippen LogP contribution in [0.4, 0.5) is 16.2 Å². The molecule has 5 aliphatic heterocycles. The lowest BCUT2D eigenvalue weighted by Crippen LogP contribution is -2.61. The molecule has 19 atom stereocenters. The molecule has 4 saturated heterocycles. The normalized spacial score (nSPS) is 39.5. The molecule has 5 heterocycles. The van der Waals surface area contributed by atoms with Gasteiger partial charge in [0.15, 0.2) is 36.2 Å². The van der Waals surface area contributed by atoms with Crippen molar-refractivity contribution in [2.24, 2.45) is 23.7 Å². The Morgan fingerprint density at radius 3 is 2.27 bits per heavy atom. The Morgan fingerprint density at radius 1 is 0.938 bits per heavy atom. The number of fused-ring (bicyclic) bond motifs is 2. The van der Waals surface area contributed by atoms with Crippen molar-refractivity contribution >= 4 is 52.8 Å². The molecular formula is C57H90ClN5O17. The van der Waals surface area contributed by atoms with Gasteiger partial charge in [-0.1, -0.05) is 32.4 Å².